The van der Waals surface area contributed by atoms with Crippen molar-refractivity contribution in [3.8, 4) is 0 Å². The molecule has 0 radical (unpaired) electrons. The van der Waals surface area contributed by atoms with Crippen LogP contribution in [0.4, 0.5) is 10.7 Å². The van der Waals surface area contributed by atoms with Crippen LogP contribution in [-0.4, -0.2) is 27.8 Å². The van der Waals surface area contributed by atoms with Gasteiger partial charge in [0, 0.05) is 6.20 Å². The normalized spacial score (nSPS) is 11.3. The third-order valence-electron chi connectivity index (χ3n) is 2.27. The summed E-state index contributed by atoms with van der Waals surface area (Å²) >= 11 is 0. The minimum Gasteiger partial charge on any atom is -0.477 e. The van der Waals surface area contributed by atoms with Gasteiger partial charge in [0.2, 0.25) is 5.88 Å². The average Bonchev–Trinajstić information content (AvgIpc) is 2.63. The Bertz CT molecular complexity index is 669. The second kappa shape index (κ2) is 4.84. The number of amides is 1. The van der Waals surface area contributed by atoms with Crippen LogP contribution in [0.25, 0.3) is 11.1 Å². The number of nitrogens with zero attached hydrogens (tertiary/aromatic N) is 1. The van der Waals surface area contributed by atoms with E-state index in [1.807, 2.05) is 0 Å². The first-order valence-corrected chi connectivity index (χ1v) is 5.89. The van der Waals surface area contributed by atoms with Crippen LogP contribution in [-0.2, 0) is 4.74 Å². The van der Waals surface area contributed by atoms with E-state index in [1.54, 1.807) is 32.9 Å². The number of nitrogens with one attached hydrogen (secondary N) is 1. The Balaban J connectivity index is 2.37. The lowest BCUT2D eigenvalue weighted by atomic mass is 10.2. The largest absolute Gasteiger partial charge is 0.477 e. The Hall–Kier alpha value is -2.57. The summed E-state index contributed by atoms with van der Waals surface area (Å²) in [6, 6.07) is 3.17. The third kappa shape index (κ3) is 2.87. The number of carboxylic acid groups (broad SMARTS) is 1. The first kappa shape index (κ1) is 13.9. The van der Waals surface area contributed by atoms with Gasteiger partial charge in [0.1, 0.15) is 16.7 Å². The molecule has 0 bridgehead atoms. The van der Waals surface area contributed by atoms with Gasteiger partial charge in [-0.25, -0.2) is 9.59 Å². The maximum Gasteiger partial charge on any atom is 0.414 e. The molecule has 1 amide bonds. The number of fused-ring (bicyclic) bond motifs is 1. The zero-order chi connectivity index (χ0) is 14.9. The number of carboxylic acids is 1. The fourth-order valence-electron chi connectivity index (χ4n) is 1.61. The second-order valence-electron chi connectivity index (χ2n) is 5.09. The van der Waals surface area contributed by atoms with E-state index in [9.17, 15) is 14.7 Å². The quantitative estimate of drug-likeness (QED) is 0.875. The molecule has 7 heteroatoms. The van der Waals surface area contributed by atoms with Crippen LogP contribution in [0.2, 0.25) is 0 Å². The number of aromatic carboxylic acids is 1. The monoisotopic (exact) mass is 278 g/mol. The van der Waals surface area contributed by atoms with E-state index >= 15 is 0 Å². The number of furan rings is 1. The molecule has 0 saturated carbocycles. The van der Waals surface area contributed by atoms with Crippen molar-refractivity contribution < 1.29 is 23.8 Å². The van der Waals surface area contributed by atoms with Crippen molar-refractivity contribution in [3.05, 3.63) is 23.9 Å². The first-order valence-electron chi connectivity index (χ1n) is 5.89. The molecule has 0 saturated heterocycles. The van der Waals surface area contributed by atoms with Gasteiger partial charge in [0.05, 0.1) is 0 Å². The number of carbonyl (C=O) groups excluding carboxylic acids is 1. The molecule has 0 atom stereocenters. The van der Waals surface area contributed by atoms with Gasteiger partial charge >= 0.3 is 12.1 Å². The van der Waals surface area contributed by atoms with E-state index in [2.05, 4.69) is 10.3 Å². The van der Waals surface area contributed by atoms with Gasteiger partial charge in [-0.05, 0) is 32.9 Å². The molecule has 20 heavy (non-hydrogen) atoms. The smallest absolute Gasteiger partial charge is 0.414 e. The first-order chi connectivity index (χ1) is 9.28. The molecule has 0 aromatic carbocycles. The molecule has 7 nitrogen and oxygen atoms in total. The van der Waals surface area contributed by atoms with Crippen molar-refractivity contribution in [2.45, 2.75) is 26.4 Å². The van der Waals surface area contributed by atoms with Crippen molar-refractivity contribution in [1.82, 2.24) is 4.98 Å². The van der Waals surface area contributed by atoms with Crippen LogP contribution in [0.15, 0.2) is 22.7 Å². The van der Waals surface area contributed by atoms with Crippen molar-refractivity contribution in [2.75, 3.05) is 5.32 Å². The molecule has 2 N–H and O–H groups in total. The highest BCUT2D eigenvalue weighted by molar-refractivity contribution is 6.07. The number of hydrogen-bond acceptors (Lipinski definition) is 5. The summed E-state index contributed by atoms with van der Waals surface area (Å²) in [5.74, 6) is -1.44. The van der Waals surface area contributed by atoms with E-state index in [0.29, 0.717) is 0 Å². The molecule has 0 aliphatic carbocycles. The van der Waals surface area contributed by atoms with Gasteiger partial charge in [-0.1, -0.05) is 0 Å². The number of pyridine rings is 1. The van der Waals surface area contributed by atoms with Gasteiger partial charge in [0.25, 0.3) is 0 Å². The van der Waals surface area contributed by atoms with Crippen LogP contribution in [0.5, 0.6) is 0 Å². The van der Waals surface area contributed by atoms with Gasteiger partial charge in [-0.3, -0.25) is 10.3 Å². The second-order valence-corrected chi connectivity index (χ2v) is 5.09. The topological polar surface area (TPSA) is 102 Å². The number of anilines is 1. The molecule has 0 aliphatic heterocycles. The van der Waals surface area contributed by atoms with Gasteiger partial charge in [-0.2, -0.15) is 0 Å². The predicted molar refractivity (Wildman–Crippen MR) is 70.8 cm³/mol. The summed E-state index contributed by atoms with van der Waals surface area (Å²) in [5.41, 5.74) is -0.453. The van der Waals surface area contributed by atoms with Gasteiger partial charge in [0.15, 0.2) is 5.58 Å². The lowest BCUT2D eigenvalue weighted by Crippen LogP contribution is -2.27. The van der Waals surface area contributed by atoms with Gasteiger partial charge < -0.3 is 14.3 Å². The third-order valence-corrected chi connectivity index (χ3v) is 2.27. The van der Waals surface area contributed by atoms with E-state index in [-0.39, 0.29) is 22.5 Å². The zero-order valence-electron chi connectivity index (χ0n) is 11.3. The van der Waals surface area contributed by atoms with Crippen molar-refractivity contribution >= 4 is 29.0 Å². The summed E-state index contributed by atoms with van der Waals surface area (Å²) in [4.78, 5) is 26.9. The van der Waals surface area contributed by atoms with Crippen LogP contribution in [0, 0.1) is 0 Å². The Kier molecular flexibility index (Phi) is 3.35. The van der Waals surface area contributed by atoms with E-state index in [0.717, 1.165) is 0 Å². The maximum atomic E-state index is 11.7. The van der Waals surface area contributed by atoms with Crippen LogP contribution >= 0.6 is 0 Å². The number of hydrogen-bond donors (Lipinski definition) is 2. The fourth-order valence-corrected chi connectivity index (χ4v) is 1.61. The number of rotatable bonds is 2. The minimum absolute atomic E-state index is 0.172. The molecule has 0 unspecified atom stereocenters. The van der Waals surface area contributed by atoms with Crippen LogP contribution < -0.4 is 5.32 Å². The molecule has 2 rings (SSSR count). The Morgan fingerprint density at radius 2 is 2.10 bits per heavy atom. The number of aromatic nitrogens is 1. The van der Waals surface area contributed by atoms with Crippen molar-refractivity contribution in [3.63, 3.8) is 0 Å². The van der Waals surface area contributed by atoms with E-state index in [4.69, 9.17) is 9.15 Å². The highest BCUT2D eigenvalue weighted by Gasteiger charge is 2.25. The standard InChI is InChI=1S/C13H14N2O5/c1-13(2,3)20-12(18)15-10-8(11(16)17)9-7(19-10)5-4-6-14-9/h4-6H,1-3H3,(H,15,18)(H,16,17). The molecular weight excluding hydrogens is 264 g/mol. The van der Waals surface area contributed by atoms with Crippen LogP contribution in [0.3, 0.4) is 0 Å². The average molecular weight is 278 g/mol. The predicted octanol–water partition coefficient (Wildman–Crippen LogP) is 2.87. The lowest BCUT2D eigenvalue weighted by molar-refractivity contribution is 0.0633. The zero-order valence-corrected chi connectivity index (χ0v) is 11.3. The summed E-state index contributed by atoms with van der Waals surface area (Å²) in [5, 5.41) is 11.5. The Morgan fingerprint density at radius 1 is 1.40 bits per heavy atom. The summed E-state index contributed by atoms with van der Waals surface area (Å²) in [7, 11) is 0. The summed E-state index contributed by atoms with van der Waals surface area (Å²) < 4.78 is 10.3. The van der Waals surface area contributed by atoms with E-state index in [1.165, 1.54) is 6.20 Å². The van der Waals surface area contributed by atoms with Crippen molar-refractivity contribution in [2.24, 2.45) is 0 Å². The lowest BCUT2D eigenvalue weighted by Gasteiger charge is -2.19. The molecule has 2 heterocycles. The van der Waals surface area contributed by atoms with Crippen molar-refractivity contribution in [1.29, 1.82) is 0 Å². The molecule has 106 valence electrons. The summed E-state index contributed by atoms with van der Waals surface area (Å²) in [6.07, 6.45) is 0.653. The van der Waals surface area contributed by atoms with Gasteiger partial charge in [-0.15, -0.1) is 0 Å². The molecule has 0 aliphatic rings. The molecule has 2 aromatic rings. The number of carbonyl (C=O) groups is 2. The molecule has 0 spiro atoms. The minimum atomic E-state index is -1.24. The molecule has 0 fully saturated rings. The Labute approximate surface area is 114 Å². The highest BCUT2D eigenvalue weighted by atomic mass is 16.6. The highest BCUT2D eigenvalue weighted by Crippen LogP contribution is 2.28. The molecular formula is C13H14N2O5. The summed E-state index contributed by atoms with van der Waals surface area (Å²) in [6.45, 7) is 5.10. The van der Waals surface area contributed by atoms with E-state index < -0.39 is 17.7 Å². The number of ether oxygens (including phenoxy) is 1. The Morgan fingerprint density at radius 3 is 2.70 bits per heavy atom. The fraction of sp³-hybridized carbons (Fsp3) is 0.308. The molecule has 2 aromatic heterocycles. The van der Waals surface area contributed by atoms with Crippen LogP contribution in [0.1, 0.15) is 31.1 Å². The SMILES string of the molecule is CC(C)(C)OC(=O)Nc1oc2cccnc2c1C(=O)O. The maximum absolute atomic E-state index is 11.7.